The van der Waals surface area contributed by atoms with Crippen molar-refractivity contribution in [3.8, 4) is 0 Å². The Morgan fingerprint density at radius 1 is 1.10 bits per heavy atom. The zero-order valence-electron chi connectivity index (χ0n) is 11.3. The summed E-state index contributed by atoms with van der Waals surface area (Å²) in [7, 11) is 0. The normalized spacial score (nSPS) is 9.90. The van der Waals surface area contributed by atoms with Crippen LogP contribution >= 0.6 is 11.3 Å². The first-order valence-corrected chi connectivity index (χ1v) is 7.37. The van der Waals surface area contributed by atoms with Crippen molar-refractivity contribution in [1.29, 1.82) is 0 Å². The van der Waals surface area contributed by atoms with E-state index in [2.05, 4.69) is 20.9 Å². The number of rotatable bonds is 7. The molecule has 6 nitrogen and oxygen atoms in total. The van der Waals surface area contributed by atoms with Crippen LogP contribution in [-0.2, 0) is 4.79 Å². The number of hydrogen-bond donors (Lipinski definition) is 3. The van der Waals surface area contributed by atoms with E-state index < -0.39 is 0 Å². The summed E-state index contributed by atoms with van der Waals surface area (Å²) in [5, 5.41) is 10.2. The van der Waals surface area contributed by atoms with Crippen LogP contribution in [0.3, 0.4) is 0 Å². The van der Waals surface area contributed by atoms with Gasteiger partial charge < -0.3 is 16.0 Å². The average Bonchev–Trinajstić information content (AvgIpc) is 3.05. The minimum absolute atomic E-state index is 0.0275. The topological polar surface area (TPSA) is 83.1 Å². The van der Waals surface area contributed by atoms with Crippen LogP contribution in [0.2, 0.25) is 0 Å². The van der Waals surface area contributed by atoms with Crippen LogP contribution < -0.4 is 16.0 Å². The van der Waals surface area contributed by atoms with E-state index in [0.717, 1.165) is 5.82 Å². The maximum Gasteiger partial charge on any atom is 0.261 e. The second kappa shape index (κ2) is 8.01. The van der Waals surface area contributed by atoms with Crippen molar-refractivity contribution in [2.75, 3.05) is 25.0 Å². The molecule has 2 rings (SSSR count). The molecule has 0 radical (unpaired) electrons. The minimum atomic E-state index is -0.230. The van der Waals surface area contributed by atoms with E-state index in [-0.39, 0.29) is 18.4 Å². The third-order valence-electron chi connectivity index (χ3n) is 2.57. The number of amides is 2. The molecule has 0 fully saturated rings. The smallest absolute Gasteiger partial charge is 0.261 e. The van der Waals surface area contributed by atoms with Crippen LogP contribution in [0.5, 0.6) is 0 Å². The van der Waals surface area contributed by atoms with Crippen molar-refractivity contribution in [3.63, 3.8) is 0 Å². The quantitative estimate of drug-likeness (QED) is 0.669. The van der Waals surface area contributed by atoms with Crippen molar-refractivity contribution in [1.82, 2.24) is 15.6 Å². The van der Waals surface area contributed by atoms with Crippen molar-refractivity contribution in [2.24, 2.45) is 0 Å². The van der Waals surface area contributed by atoms with Gasteiger partial charge in [-0.2, -0.15) is 0 Å². The minimum Gasteiger partial charge on any atom is -0.368 e. The highest BCUT2D eigenvalue weighted by molar-refractivity contribution is 7.12. The highest BCUT2D eigenvalue weighted by Crippen LogP contribution is 2.07. The van der Waals surface area contributed by atoms with E-state index >= 15 is 0 Å². The first-order valence-electron chi connectivity index (χ1n) is 6.49. The number of thiophene rings is 1. The highest BCUT2D eigenvalue weighted by atomic mass is 32.1. The molecule has 0 aromatic carbocycles. The number of nitrogens with zero attached hydrogens (tertiary/aromatic N) is 1. The lowest BCUT2D eigenvalue weighted by atomic mass is 10.4. The van der Waals surface area contributed by atoms with Crippen LogP contribution in [0.1, 0.15) is 9.67 Å². The molecule has 0 bridgehead atoms. The van der Waals surface area contributed by atoms with Crippen LogP contribution in [0, 0.1) is 0 Å². The fourth-order valence-corrected chi connectivity index (χ4v) is 2.22. The van der Waals surface area contributed by atoms with Crippen LogP contribution in [0.25, 0.3) is 0 Å². The first kappa shape index (κ1) is 15.0. The molecule has 0 aliphatic rings. The van der Waals surface area contributed by atoms with Crippen molar-refractivity contribution in [3.05, 3.63) is 46.8 Å². The highest BCUT2D eigenvalue weighted by Gasteiger charge is 2.07. The van der Waals surface area contributed by atoms with Gasteiger partial charge in [-0.1, -0.05) is 12.1 Å². The molecule has 21 heavy (non-hydrogen) atoms. The molecular formula is C14H16N4O2S. The molecule has 110 valence electrons. The predicted octanol–water partition coefficient (Wildman–Crippen LogP) is 1.10. The molecule has 0 aliphatic heterocycles. The van der Waals surface area contributed by atoms with Gasteiger partial charge in [0, 0.05) is 19.3 Å². The molecule has 2 aromatic heterocycles. The Morgan fingerprint density at radius 2 is 2.00 bits per heavy atom. The van der Waals surface area contributed by atoms with Gasteiger partial charge in [0.05, 0.1) is 11.4 Å². The summed E-state index contributed by atoms with van der Waals surface area (Å²) in [5.74, 6) is 0.312. The van der Waals surface area contributed by atoms with Gasteiger partial charge >= 0.3 is 0 Å². The summed E-state index contributed by atoms with van der Waals surface area (Å²) in [5.41, 5.74) is 0. The monoisotopic (exact) mass is 304 g/mol. The zero-order valence-corrected chi connectivity index (χ0v) is 12.2. The van der Waals surface area contributed by atoms with Crippen molar-refractivity contribution >= 4 is 29.0 Å². The van der Waals surface area contributed by atoms with Gasteiger partial charge in [-0.3, -0.25) is 9.59 Å². The second-order valence-electron chi connectivity index (χ2n) is 4.15. The molecular weight excluding hydrogens is 288 g/mol. The van der Waals surface area contributed by atoms with E-state index in [9.17, 15) is 9.59 Å². The Hall–Kier alpha value is -2.41. The molecule has 0 aliphatic carbocycles. The molecule has 7 heteroatoms. The Bertz CT molecular complexity index is 572. The molecule has 0 spiro atoms. The Labute approximate surface area is 126 Å². The maximum absolute atomic E-state index is 11.6. The number of aromatic nitrogens is 1. The Balaban J connectivity index is 1.59. The van der Waals surface area contributed by atoms with Gasteiger partial charge in [0.1, 0.15) is 5.82 Å². The molecule has 0 saturated carbocycles. The van der Waals surface area contributed by atoms with E-state index in [4.69, 9.17) is 0 Å². The SMILES string of the molecule is O=C(CNC(=O)c1cccs1)NCCNc1ccccn1. The Kier molecular flexibility index (Phi) is 5.71. The van der Waals surface area contributed by atoms with Crippen LogP contribution in [0.4, 0.5) is 5.82 Å². The van der Waals surface area contributed by atoms with Gasteiger partial charge in [-0.15, -0.1) is 11.3 Å². The summed E-state index contributed by atoms with van der Waals surface area (Å²) in [6, 6.07) is 9.08. The molecule has 2 amide bonds. The lowest BCUT2D eigenvalue weighted by Gasteiger charge is -2.07. The van der Waals surface area contributed by atoms with Gasteiger partial charge in [-0.25, -0.2) is 4.98 Å². The number of carbonyl (C=O) groups excluding carboxylic acids is 2. The van der Waals surface area contributed by atoms with Crippen LogP contribution in [0.15, 0.2) is 41.9 Å². The third-order valence-corrected chi connectivity index (χ3v) is 3.44. The molecule has 0 saturated heterocycles. The summed E-state index contributed by atoms with van der Waals surface area (Å²) in [4.78, 5) is 27.9. The lowest BCUT2D eigenvalue weighted by molar-refractivity contribution is -0.120. The largest absolute Gasteiger partial charge is 0.368 e. The van der Waals surface area contributed by atoms with E-state index in [1.54, 1.807) is 18.3 Å². The summed E-state index contributed by atoms with van der Waals surface area (Å²) < 4.78 is 0. The second-order valence-corrected chi connectivity index (χ2v) is 5.10. The number of nitrogens with one attached hydrogen (secondary N) is 3. The fraction of sp³-hybridized carbons (Fsp3) is 0.214. The van der Waals surface area contributed by atoms with Crippen molar-refractivity contribution < 1.29 is 9.59 Å². The Morgan fingerprint density at radius 3 is 2.71 bits per heavy atom. The third kappa shape index (κ3) is 5.23. The van der Waals surface area contributed by atoms with Gasteiger partial charge in [0.2, 0.25) is 5.91 Å². The fourth-order valence-electron chi connectivity index (χ4n) is 1.58. The molecule has 2 heterocycles. The lowest BCUT2D eigenvalue weighted by Crippen LogP contribution is -2.38. The molecule has 3 N–H and O–H groups in total. The molecule has 0 unspecified atom stereocenters. The zero-order chi connectivity index (χ0) is 14.9. The van der Waals surface area contributed by atoms with Gasteiger partial charge in [-0.05, 0) is 23.6 Å². The van der Waals surface area contributed by atoms with Crippen molar-refractivity contribution in [2.45, 2.75) is 0 Å². The van der Waals surface area contributed by atoms with E-state index in [1.165, 1.54) is 11.3 Å². The number of pyridine rings is 1. The van der Waals surface area contributed by atoms with Gasteiger partial charge in [0.25, 0.3) is 5.91 Å². The number of anilines is 1. The van der Waals surface area contributed by atoms with E-state index in [1.807, 2.05) is 23.6 Å². The molecule has 2 aromatic rings. The number of carbonyl (C=O) groups is 2. The van der Waals surface area contributed by atoms with Crippen LogP contribution in [-0.4, -0.2) is 36.4 Å². The van der Waals surface area contributed by atoms with E-state index in [0.29, 0.717) is 18.0 Å². The summed E-state index contributed by atoms with van der Waals surface area (Å²) >= 11 is 1.34. The first-order chi connectivity index (χ1) is 10.3. The number of hydrogen-bond acceptors (Lipinski definition) is 5. The standard InChI is InChI=1S/C14H16N4O2S/c19-13(10-18-14(20)11-4-3-9-21-11)17-8-7-16-12-5-1-2-6-15-12/h1-6,9H,7-8,10H2,(H,15,16)(H,17,19)(H,18,20). The summed E-state index contributed by atoms with van der Waals surface area (Å²) in [6.07, 6.45) is 1.70. The molecule has 0 atom stereocenters. The maximum atomic E-state index is 11.6. The average molecular weight is 304 g/mol. The predicted molar refractivity (Wildman–Crippen MR) is 82.4 cm³/mol. The summed E-state index contributed by atoms with van der Waals surface area (Å²) in [6.45, 7) is 1.01. The van der Waals surface area contributed by atoms with Gasteiger partial charge in [0.15, 0.2) is 0 Å².